The van der Waals surface area contributed by atoms with Gasteiger partial charge in [0.2, 0.25) is 11.8 Å². The number of nitrogens with zero attached hydrogens (tertiary/aromatic N) is 4. The predicted molar refractivity (Wildman–Crippen MR) is 164 cm³/mol. The molecule has 2 amide bonds. The van der Waals surface area contributed by atoms with Gasteiger partial charge in [0.25, 0.3) is 0 Å². The first-order valence-electron chi connectivity index (χ1n) is 14.2. The van der Waals surface area contributed by atoms with Gasteiger partial charge in [-0.05, 0) is 60.7 Å². The lowest BCUT2D eigenvalue weighted by Crippen LogP contribution is -2.46. The topological polar surface area (TPSA) is 67.7 Å². The SMILES string of the molecule is COc1ccc(-n2nc(-c3ccccc3)c3c2N(CC(=O)N2CCC(C)CC2)C(=O)CS[C@H]3c2ccc(F)cc2)cc1. The van der Waals surface area contributed by atoms with E-state index in [1.807, 2.05) is 59.5 Å². The van der Waals surface area contributed by atoms with Crippen LogP contribution in [0.25, 0.3) is 16.9 Å². The lowest BCUT2D eigenvalue weighted by Gasteiger charge is -2.32. The first-order chi connectivity index (χ1) is 20.4. The summed E-state index contributed by atoms with van der Waals surface area (Å²) in [5, 5.41) is 4.79. The number of amides is 2. The highest BCUT2D eigenvalue weighted by Gasteiger charge is 2.38. The number of hydrogen-bond donors (Lipinski definition) is 0. The van der Waals surface area contributed by atoms with Crippen molar-refractivity contribution in [3.8, 4) is 22.7 Å². The molecule has 0 bridgehead atoms. The number of rotatable bonds is 6. The molecule has 2 aliphatic rings. The molecule has 2 aliphatic heterocycles. The van der Waals surface area contributed by atoms with Gasteiger partial charge in [-0.2, -0.15) is 5.10 Å². The van der Waals surface area contributed by atoms with Crippen LogP contribution in [0.1, 0.15) is 36.1 Å². The highest BCUT2D eigenvalue weighted by Crippen LogP contribution is 2.48. The number of benzene rings is 3. The Morgan fingerprint density at radius 3 is 2.36 bits per heavy atom. The van der Waals surface area contributed by atoms with E-state index in [4.69, 9.17) is 9.84 Å². The molecule has 1 atom stereocenters. The Kier molecular flexibility index (Phi) is 8.02. The minimum Gasteiger partial charge on any atom is -0.497 e. The summed E-state index contributed by atoms with van der Waals surface area (Å²) in [7, 11) is 1.61. The molecule has 0 saturated carbocycles. The molecule has 1 fully saturated rings. The molecule has 6 rings (SSSR count). The fourth-order valence-corrected chi connectivity index (χ4v) is 6.82. The average Bonchev–Trinajstić information content (AvgIpc) is 3.35. The van der Waals surface area contributed by atoms with Gasteiger partial charge in [0.15, 0.2) is 0 Å². The fourth-order valence-electron chi connectivity index (χ4n) is 5.63. The van der Waals surface area contributed by atoms with Crippen LogP contribution in [0.2, 0.25) is 0 Å². The molecule has 1 saturated heterocycles. The highest BCUT2D eigenvalue weighted by atomic mass is 32.2. The lowest BCUT2D eigenvalue weighted by molar-refractivity contribution is -0.132. The number of hydrogen-bond acceptors (Lipinski definition) is 5. The van der Waals surface area contributed by atoms with Gasteiger partial charge in [0.1, 0.15) is 23.9 Å². The molecule has 0 N–H and O–H groups in total. The van der Waals surface area contributed by atoms with Crippen molar-refractivity contribution in [1.82, 2.24) is 14.7 Å². The van der Waals surface area contributed by atoms with Crippen LogP contribution in [-0.4, -0.2) is 59.0 Å². The summed E-state index contributed by atoms with van der Waals surface area (Å²) >= 11 is 1.47. The molecule has 0 radical (unpaired) electrons. The van der Waals surface area contributed by atoms with Crippen LogP contribution in [0.3, 0.4) is 0 Å². The van der Waals surface area contributed by atoms with Gasteiger partial charge >= 0.3 is 0 Å². The first kappa shape index (κ1) is 28.0. The van der Waals surface area contributed by atoms with Gasteiger partial charge in [-0.3, -0.25) is 14.5 Å². The van der Waals surface area contributed by atoms with Crippen LogP contribution in [0, 0.1) is 11.7 Å². The molecule has 1 aromatic heterocycles. The third-order valence-electron chi connectivity index (χ3n) is 8.06. The summed E-state index contributed by atoms with van der Waals surface area (Å²) in [5.41, 5.74) is 4.01. The number of fused-ring (bicyclic) bond motifs is 1. The van der Waals surface area contributed by atoms with Crippen molar-refractivity contribution in [3.63, 3.8) is 0 Å². The van der Waals surface area contributed by atoms with Crippen LogP contribution >= 0.6 is 11.8 Å². The summed E-state index contributed by atoms with van der Waals surface area (Å²) in [4.78, 5) is 31.1. The van der Waals surface area contributed by atoms with Gasteiger partial charge in [-0.25, -0.2) is 9.07 Å². The zero-order valence-electron chi connectivity index (χ0n) is 23.7. The van der Waals surface area contributed by atoms with E-state index in [0.717, 1.165) is 35.2 Å². The second kappa shape index (κ2) is 12.0. The molecule has 42 heavy (non-hydrogen) atoms. The first-order valence-corrected chi connectivity index (χ1v) is 15.3. The second-order valence-electron chi connectivity index (χ2n) is 10.8. The van der Waals surface area contributed by atoms with Crippen molar-refractivity contribution < 1.29 is 18.7 Å². The van der Waals surface area contributed by atoms with Crippen LogP contribution in [-0.2, 0) is 9.59 Å². The number of methoxy groups -OCH3 is 1. The van der Waals surface area contributed by atoms with E-state index >= 15 is 0 Å². The standard InChI is InChI=1S/C33H33FN4O3S/c1-22-16-18-36(19-17-22)28(39)20-37-29(40)21-42-32(24-8-10-25(34)11-9-24)30-31(23-6-4-3-5-7-23)35-38(33(30)37)26-12-14-27(41-2)15-13-26/h3-15,22,32H,16-21H2,1-2H3/t32-/m0/s1. The maximum absolute atomic E-state index is 14.0. The Bertz CT molecular complexity index is 1570. The van der Waals surface area contributed by atoms with Crippen LogP contribution < -0.4 is 9.64 Å². The van der Waals surface area contributed by atoms with Crippen molar-refractivity contribution in [2.75, 3.05) is 37.4 Å². The van der Waals surface area contributed by atoms with Crippen molar-refractivity contribution in [2.24, 2.45) is 5.92 Å². The third-order valence-corrected chi connectivity index (χ3v) is 9.31. The molecule has 7 nitrogen and oxygen atoms in total. The number of likely N-dealkylation sites (tertiary alicyclic amines) is 1. The third kappa shape index (κ3) is 5.53. The molecule has 0 unspecified atom stereocenters. The fraction of sp³-hybridized carbons (Fsp3) is 0.303. The Morgan fingerprint density at radius 2 is 1.69 bits per heavy atom. The Morgan fingerprint density at radius 1 is 1.00 bits per heavy atom. The van der Waals surface area contributed by atoms with E-state index in [1.54, 1.807) is 28.8 Å². The molecule has 9 heteroatoms. The van der Waals surface area contributed by atoms with E-state index in [0.29, 0.717) is 36.3 Å². The van der Waals surface area contributed by atoms with Crippen molar-refractivity contribution in [3.05, 3.63) is 95.8 Å². The van der Waals surface area contributed by atoms with Gasteiger partial charge in [-0.15, -0.1) is 11.8 Å². The van der Waals surface area contributed by atoms with Crippen molar-refractivity contribution >= 4 is 29.4 Å². The summed E-state index contributed by atoms with van der Waals surface area (Å²) in [6.07, 6.45) is 1.91. The summed E-state index contributed by atoms with van der Waals surface area (Å²) in [5.74, 6) is 1.43. The molecule has 4 aromatic rings. The highest BCUT2D eigenvalue weighted by molar-refractivity contribution is 8.00. The summed E-state index contributed by atoms with van der Waals surface area (Å²) in [6.45, 7) is 3.51. The van der Waals surface area contributed by atoms with E-state index in [-0.39, 0.29) is 35.2 Å². The number of ether oxygens (including phenoxy) is 1. The number of aromatic nitrogens is 2. The van der Waals surface area contributed by atoms with Gasteiger partial charge < -0.3 is 9.64 Å². The van der Waals surface area contributed by atoms with E-state index in [9.17, 15) is 14.0 Å². The Hall–Kier alpha value is -4.11. The smallest absolute Gasteiger partial charge is 0.242 e. The van der Waals surface area contributed by atoms with E-state index < -0.39 is 0 Å². The lowest BCUT2D eigenvalue weighted by atomic mass is 9.99. The number of thioether (sulfide) groups is 1. The zero-order valence-corrected chi connectivity index (χ0v) is 24.5. The quantitative estimate of drug-likeness (QED) is 0.273. The predicted octanol–water partition coefficient (Wildman–Crippen LogP) is 6.11. The molecule has 3 heterocycles. The van der Waals surface area contributed by atoms with Gasteiger partial charge in [0, 0.05) is 24.2 Å². The average molecular weight is 585 g/mol. The van der Waals surface area contributed by atoms with E-state index in [2.05, 4.69) is 6.92 Å². The van der Waals surface area contributed by atoms with Gasteiger partial charge in [-0.1, -0.05) is 49.4 Å². The normalized spacial score (nSPS) is 17.6. The number of piperidine rings is 1. The number of halogens is 1. The maximum Gasteiger partial charge on any atom is 0.242 e. The molecular formula is C33H33FN4O3S. The minimum atomic E-state index is -0.325. The van der Waals surface area contributed by atoms with E-state index in [1.165, 1.54) is 23.9 Å². The molecule has 0 spiro atoms. The number of anilines is 1. The molecule has 216 valence electrons. The maximum atomic E-state index is 14.0. The van der Waals surface area contributed by atoms with Crippen LogP contribution in [0.5, 0.6) is 5.75 Å². The molecular weight excluding hydrogens is 551 g/mol. The van der Waals surface area contributed by atoms with Crippen molar-refractivity contribution in [2.45, 2.75) is 25.0 Å². The Labute approximate surface area is 249 Å². The zero-order chi connectivity index (χ0) is 29.2. The van der Waals surface area contributed by atoms with Crippen LogP contribution in [0.15, 0.2) is 78.9 Å². The van der Waals surface area contributed by atoms with Crippen molar-refractivity contribution in [1.29, 1.82) is 0 Å². The summed E-state index contributed by atoms with van der Waals surface area (Å²) in [6, 6.07) is 23.7. The van der Waals surface area contributed by atoms with Gasteiger partial charge in [0.05, 0.1) is 29.5 Å². The summed E-state index contributed by atoms with van der Waals surface area (Å²) < 4.78 is 21.1. The van der Waals surface area contributed by atoms with Crippen LogP contribution in [0.4, 0.5) is 10.2 Å². The second-order valence-corrected chi connectivity index (χ2v) is 11.9. The monoisotopic (exact) mass is 584 g/mol. The Balaban J connectivity index is 1.55. The number of carbonyl (C=O) groups excluding carboxylic acids is 2. The molecule has 3 aromatic carbocycles. The largest absolute Gasteiger partial charge is 0.497 e. The minimum absolute atomic E-state index is 0.0739. The molecule has 0 aliphatic carbocycles. The number of carbonyl (C=O) groups is 2.